The van der Waals surface area contributed by atoms with Crippen molar-refractivity contribution in [2.24, 2.45) is 7.05 Å². The quantitative estimate of drug-likeness (QED) is 0.0839. The Bertz CT molecular complexity index is 2480. The van der Waals surface area contributed by atoms with Gasteiger partial charge in [0.05, 0.1) is 23.2 Å². The fraction of sp³-hybridized carbons (Fsp3) is 0.571. The van der Waals surface area contributed by atoms with E-state index in [1.807, 2.05) is 18.3 Å². The number of nitrogens with zero attached hydrogens (tertiary/aromatic N) is 8. The lowest BCUT2D eigenvalue weighted by Gasteiger charge is -2.34. The van der Waals surface area contributed by atoms with E-state index >= 15 is 0 Å². The van der Waals surface area contributed by atoms with Crippen molar-refractivity contribution in [2.75, 3.05) is 57.7 Å². The van der Waals surface area contributed by atoms with E-state index in [4.69, 9.17) is 14.7 Å². The van der Waals surface area contributed by atoms with Gasteiger partial charge in [-0.1, -0.05) is 43.7 Å². The van der Waals surface area contributed by atoms with Gasteiger partial charge in [0, 0.05) is 114 Å². The first-order valence-corrected chi connectivity index (χ1v) is 23.8. The van der Waals surface area contributed by atoms with Gasteiger partial charge < -0.3 is 24.6 Å². The summed E-state index contributed by atoms with van der Waals surface area (Å²) in [7, 11) is 1.74. The Labute approximate surface area is 375 Å². The second kappa shape index (κ2) is 19.7. The molecule has 64 heavy (non-hydrogen) atoms. The number of ether oxygens (including phenoxy) is 1. The van der Waals surface area contributed by atoms with Crippen molar-refractivity contribution < 1.29 is 19.4 Å². The Morgan fingerprint density at radius 1 is 0.891 bits per heavy atom. The average molecular weight is 875 g/mol. The van der Waals surface area contributed by atoms with E-state index in [2.05, 4.69) is 80.3 Å². The van der Waals surface area contributed by atoms with Crippen LogP contribution in [0.5, 0.6) is 0 Å². The number of anilines is 1. The molecule has 1 saturated carbocycles. The van der Waals surface area contributed by atoms with E-state index in [1.165, 1.54) is 15.7 Å². The summed E-state index contributed by atoms with van der Waals surface area (Å²) < 4.78 is 11.9. The maximum atomic E-state index is 13.2. The van der Waals surface area contributed by atoms with Crippen molar-refractivity contribution in [1.82, 2.24) is 43.7 Å². The van der Waals surface area contributed by atoms with Crippen molar-refractivity contribution in [1.29, 1.82) is 0 Å². The first kappa shape index (κ1) is 44.3. The summed E-state index contributed by atoms with van der Waals surface area (Å²) in [5.41, 5.74) is 7.01. The fourth-order valence-corrected chi connectivity index (χ4v) is 10.5. The number of aliphatic hydroxyl groups excluding tert-OH is 1. The van der Waals surface area contributed by atoms with Crippen LogP contribution in [0.25, 0.3) is 33.2 Å². The van der Waals surface area contributed by atoms with Gasteiger partial charge in [-0.05, 0) is 87.1 Å². The predicted octanol–water partition coefficient (Wildman–Crippen LogP) is 5.60. The van der Waals surface area contributed by atoms with Crippen LogP contribution in [0.1, 0.15) is 101 Å². The standard InChI is InChI=1S/C49H66N10O5/c1-4-6-33(2)51-48-50-28-40-41(32-58(46(40)53-48)37-12-14-38(60)15-13-37)36-10-7-34(8-11-36)29-56-24-22-55(23-25-56)20-5-26-64-39-19-21-57(31-39)30-35-9-16-42-44(27-35)54(3)49(63)59(42)43-17-18-45(61)52-47(43)62/h7-11,16,27-28,32-33,37-39,43,60H,4-6,12-15,17-26,29-31H2,1-3H3,(H,50,51,53)(H,52,61,62)/t33-,37?,38?,39-,43?/m0/s1. The molecule has 342 valence electrons. The molecule has 3 saturated heterocycles. The first-order valence-electron chi connectivity index (χ1n) is 23.8. The number of hydrogen-bond acceptors (Lipinski definition) is 11. The van der Waals surface area contributed by atoms with E-state index in [0.717, 1.165) is 145 Å². The summed E-state index contributed by atoms with van der Waals surface area (Å²) >= 11 is 0. The number of likely N-dealkylation sites (tertiary alicyclic amines) is 1. The van der Waals surface area contributed by atoms with Crippen LogP contribution in [0.15, 0.2) is 59.7 Å². The molecule has 0 bridgehead atoms. The number of piperazine rings is 1. The number of carbonyl (C=O) groups is 2. The molecule has 0 radical (unpaired) electrons. The molecular formula is C49H66N10O5. The van der Waals surface area contributed by atoms with Crippen LogP contribution in [0.2, 0.25) is 0 Å². The molecule has 1 aliphatic carbocycles. The number of nitrogens with one attached hydrogen (secondary N) is 2. The molecule has 2 amide bonds. The molecular weight excluding hydrogens is 809 g/mol. The SMILES string of the molecule is CCC[C@H](C)Nc1ncc2c(-c3ccc(CN4CCN(CCCO[C@H]5CCN(Cc6ccc7c(c6)n(C)c(=O)n7C6CCC(=O)NC6=O)C5)CC4)cc3)cn(C3CCC(O)CC3)c2n1. The molecule has 9 rings (SSSR count). The summed E-state index contributed by atoms with van der Waals surface area (Å²) in [6.45, 7) is 14.0. The molecule has 3 aliphatic heterocycles. The van der Waals surface area contributed by atoms with Gasteiger partial charge in [-0.15, -0.1) is 0 Å². The number of imidazole rings is 1. The fourth-order valence-electron chi connectivity index (χ4n) is 10.5. The minimum atomic E-state index is -0.679. The highest BCUT2D eigenvalue weighted by Crippen LogP contribution is 2.37. The van der Waals surface area contributed by atoms with Crippen molar-refractivity contribution >= 4 is 39.8 Å². The number of aliphatic hydroxyl groups is 1. The molecule has 6 heterocycles. The highest BCUT2D eigenvalue weighted by atomic mass is 16.5. The lowest BCUT2D eigenvalue weighted by atomic mass is 9.93. The lowest BCUT2D eigenvalue weighted by Crippen LogP contribution is -2.46. The van der Waals surface area contributed by atoms with Gasteiger partial charge in [0.15, 0.2) is 0 Å². The number of carbonyl (C=O) groups excluding carboxylic acids is 2. The highest BCUT2D eigenvalue weighted by molar-refractivity contribution is 6.00. The molecule has 3 aromatic heterocycles. The summed E-state index contributed by atoms with van der Waals surface area (Å²) in [6, 6.07) is 15.0. The number of hydrogen-bond donors (Lipinski definition) is 3. The lowest BCUT2D eigenvalue weighted by molar-refractivity contribution is -0.135. The zero-order valence-corrected chi connectivity index (χ0v) is 37.9. The molecule has 0 spiro atoms. The Balaban J connectivity index is 0.719. The van der Waals surface area contributed by atoms with Gasteiger partial charge in [-0.2, -0.15) is 4.98 Å². The third kappa shape index (κ3) is 9.83. The van der Waals surface area contributed by atoms with E-state index in [0.29, 0.717) is 30.0 Å². The van der Waals surface area contributed by atoms with Gasteiger partial charge in [-0.25, -0.2) is 9.78 Å². The second-order valence-electron chi connectivity index (χ2n) is 18.9. The van der Waals surface area contributed by atoms with Crippen molar-refractivity contribution in [3.8, 4) is 11.1 Å². The zero-order valence-electron chi connectivity index (χ0n) is 37.9. The van der Waals surface area contributed by atoms with Crippen LogP contribution in [0.3, 0.4) is 0 Å². The Morgan fingerprint density at radius 2 is 1.64 bits per heavy atom. The van der Waals surface area contributed by atoms with Crippen molar-refractivity contribution in [3.63, 3.8) is 0 Å². The minimum Gasteiger partial charge on any atom is -0.393 e. The maximum absolute atomic E-state index is 13.2. The van der Waals surface area contributed by atoms with Crippen LogP contribution >= 0.6 is 0 Å². The second-order valence-corrected chi connectivity index (χ2v) is 18.9. The van der Waals surface area contributed by atoms with E-state index < -0.39 is 11.9 Å². The molecule has 2 aromatic carbocycles. The summed E-state index contributed by atoms with van der Waals surface area (Å²) in [4.78, 5) is 54.8. The molecule has 1 unspecified atom stereocenters. The molecule has 3 N–H and O–H groups in total. The van der Waals surface area contributed by atoms with E-state index in [-0.39, 0.29) is 30.2 Å². The van der Waals surface area contributed by atoms with Crippen LogP contribution in [0, 0.1) is 0 Å². The summed E-state index contributed by atoms with van der Waals surface area (Å²) in [6.07, 6.45) is 12.6. The average Bonchev–Trinajstić information content (AvgIpc) is 3.97. The predicted molar refractivity (Wildman–Crippen MR) is 249 cm³/mol. The number of aryl methyl sites for hydroxylation is 1. The van der Waals surface area contributed by atoms with Gasteiger partial charge in [-0.3, -0.25) is 33.8 Å². The molecule has 5 aromatic rings. The third-order valence-electron chi connectivity index (χ3n) is 14.1. The highest BCUT2D eigenvalue weighted by Gasteiger charge is 2.32. The number of benzene rings is 2. The molecule has 4 aliphatic rings. The Morgan fingerprint density at radius 3 is 2.41 bits per heavy atom. The van der Waals surface area contributed by atoms with Crippen LogP contribution in [-0.2, 0) is 34.5 Å². The molecule has 3 atom stereocenters. The van der Waals surface area contributed by atoms with E-state index in [1.54, 1.807) is 11.6 Å². The molecule has 15 nitrogen and oxygen atoms in total. The number of imide groups is 1. The Kier molecular flexibility index (Phi) is 13.6. The van der Waals surface area contributed by atoms with Crippen molar-refractivity contribution in [2.45, 2.75) is 121 Å². The van der Waals surface area contributed by atoms with E-state index in [9.17, 15) is 19.5 Å². The van der Waals surface area contributed by atoms with Gasteiger partial charge >= 0.3 is 5.69 Å². The number of amides is 2. The van der Waals surface area contributed by atoms with Gasteiger partial charge in [0.2, 0.25) is 17.8 Å². The van der Waals surface area contributed by atoms with Crippen LogP contribution in [-0.4, -0.2) is 126 Å². The summed E-state index contributed by atoms with van der Waals surface area (Å²) in [5.74, 6) is -0.0270. The number of rotatable bonds is 16. The number of aromatic nitrogens is 5. The monoisotopic (exact) mass is 875 g/mol. The topological polar surface area (TPSA) is 155 Å². The smallest absolute Gasteiger partial charge is 0.329 e. The van der Waals surface area contributed by atoms with Crippen molar-refractivity contribution in [3.05, 3.63) is 76.5 Å². The molecule has 4 fully saturated rings. The summed E-state index contributed by atoms with van der Waals surface area (Å²) in [5, 5.41) is 17.2. The van der Waals surface area contributed by atoms with Crippen LogP contribution < -0.4 is 16.3 Å². The van der Waals surface area contributed by atoms with Crippen LogP contribution in [0.4, 0.5) is 5.95 Å². The zero-order chi connectivity index (χ0) is 44.3. The third-order valence-corrected chi connectivity index (χ3v) is 14.1. The molecule has 15 heteroatoms. The number of piperidine rings is 1. The van der Waals surface area contributed by atoms with Gasteiger partial charge in [0.25, 0.3) is 0 Å². The van der Waals surface area contributed by atoms with Gasteiger partial charge in [0.1, 0.15) is 11.7 Å². The minimum absolute atomic E-state index is 0.203. The Hall–Kier alpha value is -4.93. The normalized spacial score (nSPS) is 23.3. The maximum Gasteiger partial charge on any atom is 0.329 e. The first-order chi connectivity index (χ1) is 31.1. The largest absolute Gasteiger partial charge is 0.393 e. The number of fused-ring (bicyclic) bond motifs is 2.